The number of carbonyl (C=O) groups excluding carboxylic acids is 2. The Labute approximate surface area is 207 Å². The van der Waals surface area contributed by atoms with Crippen LogP contribution < -0.4 is 5.32 Å². The standard InChI is InChI=1S/C26H26FN3O4S/c1-28-26(32)24(15-19-7-3-2-4-8-19)29(16-21-9-5-6-10-23(21)27)25(31)18-35-17-20-11-13-22(14-12-20)30(33)34/h2-14,24H,15-18H2,1H3,(H,28,32)/t24-/m1/s1. The molecule has 7 nitrogen and oxygen atoms in total. The van der Waals surface area contributed by atoms with Gasteiger partial charge in [0, 0.05) is 43.5 Å². The maximum Gasteiger partial charge on any atom is 0.269 e. The fourth-order valence-electron chi connectivity index (χ4n) is 3.58. The highest BCUT2D eigenvalue weighted by molar-refractivity contribution is 7.99. The summed E-state index contributed by atoms with van der Waals surface area (Å²) < 4.78 is 14.5. The predicted molar refractivity (Wildman–Crippen MR) is 134 cm³/mol. The van der Waals surface area contributed by atoms with E-state index in [4.69, 9.17) is 0 Å². The van der Waals surface area contributed by atoms with E-state index in [9.17, 15) is 24.1 Å². The molecule has 0 spiro atoms. The largest absolute Gasteiger partial charge is 0.357 e. The number of nitrogens with zero attached hydrogens (tertiary/aromatic N) is 2. The van der Waals surface area contributed by atoms with Gasteiger partial charge < -0.3 is 10.2 Å². The van der Waals surface area contributed by atoms with E-state index in [2.05, 4.69) is 5.32 Å². The number of nitro groups is 1. The van der Waals surface area contributed by atoms with Crippen molar-refractivity contribution in [3.63, 3.8) is 0 Å². The molecule has 0 aromatic heterocycles. The molecule has 0 radical (unpaired) electrons. The lowest BCUT2D eigenvalue weighted by atomic mass is 10.0. The van der Waals surface area contributed by atoms with E-state index in [0.717, 1.165) is 11.1 Å². The summed E-state index contributed by atoms with van der Waals surface area (Å²) >= 11 is 1.33. The van der Waals surface area contributed by atoms with Gasteiger partial charge in [-0.2, -0.15) is 0 Å². The third kappa shape index (κ3) is 7.38. The number of hydrogen-bond acceptors (Lipinski definition) is 5. The smallest absolute Gasteiger partial charge is 0.269 e. The van der Waals surface area contributed by atoms with E-state index in [1.165, 1.54) is 41.9 Å². The Hall–Kier alpha value is -3.72. The van der Waals surface area contributed by atoms with Gasteiger partial charge in [-0.15, -0.1) is 11.8 Å². The lowest BCUT2D eigenvalue weighted by Gasteiger charge is -2.31. The fraction of sp³-hybridized carbons (Fsp3) is 0.231. The summed E-state index contributed by atoms with van der Waals surface area (Å²) in [5, 5.41) is 13.5. The van der Waals surface area contributed by atoms with Crippen molar-refractivity contribution in [3.05, 3.63) is 111 Å². The van der Waals surface area contributed by atoms with Crippen LogP contribution in [0, 0.1) is 15.9 Å². The molecule has 1 N–H and O–H groups in total. The molecule has 0 aliphatic heterocycles. The van der Waals surface area contributed by atoms with Gasteiger partial charge >= 0.3 is 0 Å². The Morgan fingerprint density at radius 1 is 1.00 bits per heavy atom. The van der Waals surface area contributed by atoms with Crippen molar-refractivity contribution >= 4 is 29.3 Å². The normalized spacial score (nSPS) is 11.5. The van der Waals surface area contributed by atoms with Gasteiger partial charge in [-0.25, -0.2) is 4.39 Å². The van der Waals surface area contributed by atoms with E-state index in [0.29, 0.717) is 11.3 Å². The number of thioether (sulfide) groups is 1. The second-order valence-electron chi connectivity index (χ2n) is 7.85. The molecular weight excluding hydrogens is 469 g/mol. The second kappa shape index (κ2) is 12.7. The van der Waals surface area contributed by atoms with E-state index in [1.54, 1.807) is 30.3 Å². The zero-order valence-electron chi connectivity index (χ0n) is 19.2. The Bertz CT molecular complexity index is 1160. The molecule has 2 amide bonds. The minimum absolute atomic E-state index is 0.000205. The second-order valence-corrected chi connectivity index (χ2v) is 8.83. The third-order valence-electron chi connectivity index (χ3n) is 5.46. The van der Waals surface area contributed by atoms with E-state index in [1.807, 2.05) is 30.3 Å². The highest BCUT2D eigenvalue weighted by Crippen LogP contribution is 2.20. The highest BCUT2D eigenvalue weighted by atomic mass is 32.2. The van der Waals surface area contributed by atoms with E-state index in [-0.39, 0.29) is 36.2 Å². The first-order chi connectivity index (χ1) is 16.9. The summed E-state index contributed by atoms with van der Waals surface area (Å²) in [5.74, 6) is -0.559. The van der Waals surface area contributed by atoms with Crippen molar-refractivity contribution in [2.24, 2.45) is 0 Å². The van der Waals surface area contributed by atoms with E-state index < -0.39 is 16.8 Å². The molecule has 1 atom stereocenters. The van der Waals surface area contributed by atoms with Crippen molar-refractivity contribution in [2.75, 3.05) is 12.8 Å². The number of amides is 2. The number of likely N-dealkylation sites (N-methyl/N-ethyl adjacent to an activating group) is 1. The van der Waals surface area contributed by atoms with Crippen LogP contribution in [0.25, 0.3) is 0 Å². The summed E-state index contributed by atoms with van der Waals surface area (Å²) in [4.78, 5) is 38.0. The van der Waals surface area contributed by atoms with Crippen molar-refractivity contribution in [1.29, 1.82) is 0 Å². The van der Waals surface area contributed by atoms with Gasteiger partial charge in [-0.1, -0.05) is 60.7 Å². The van der Waals surface area contributed by atoms with Crippen LogP contribution in [0.1, 0.15) is 16.7 Å². The monoisotopic (exact) mass is 495 g/mol. The highest BCUT2D eigenvalue weighted by Gasteiger charge is 2.30. The number of nitro benzene ring substituents is 1. The van der Waals surface area contributed by atoms with Crippen LogP contribution in [-0.4, -0.2) is 40.5 Å². The number of non-ortho nitro benzene ring substituents is 1. The summed E-state index contributed by atoms with van der Waals surface area (Å²) in [5.41, 5.74) is 2.04. The predicted octanol–water partition coefficient (Wildman–Crippen LogP) is 4.35. The van der Waals surface area contributed by atoms with Crippen molar-refractivity contribution < 1.29 is 18.9 Å². The van der Waals surface area contributed by atoms with Gasteiger partial charge in [0.2, 0.25) is 11.8 Å². The maximum atomic E-state index is 14.5. The summed E-state index contributed by atoms with van der Waals surface area (Å²) in [6.45, 7) is -0.0471. The van der Waals surface area contributed by atoms with Crippen LogP contribution in [-0.2, 0) is 28.3 Å². The molecule has 182 valence electrons. The number of carbonyl (C=O) groups is 2. The zero-order chi connectivity index (χ0) is 25.2. The minimum atomic E-state index is -0.825. The first-order valence-corrected chi connectivity index (χ1v) is 12.1. The molecule has 9 heteroatoms. The lowest BCUT2D eigenvalue weighted by molar-refractivity contribution is -0.384. The summed E-state index contributed by atoms with van der Waals surface area (Å²) in [6.07, 6.45) is 0.285. The summed E-state index contributed by atoms with van der Waals surface area (Å²) in [7, 11) is 1.51. The number of hydrogen-bond donors (Lipinski definition) is 1. The number of benzene rings is 3. The van der Waals surface area contributed by atoms with Crippen LogP contribution in [0.5, 0.6) is 0 Å². The molecule has 3 aromatic carbocycles. The fourth-order valence-corrected chi connectivity index (χ4v) is 4.45. The molecule has 0 heterocycles. The summed E-state index contributed by atoms with van der Waals surface area (Å²) in [6, 6.07) is 20.9. The quantitative estimate of drug-likeness (QED) is 0.315. The molecule has 0 unspecified atom stereocenters. The van der Waals surface area contributed by atoms with Crippen LogP contribution >= 0.6 is 11.8 Å². The molecule has 3 aromatic rings. The number of halogens is 1. The molecule has 0 aliphatic carbocycles. The number of rotatable bonds is 11. The van der Waals surface area contributed by atoms with Crippen molar-refractivity contribution in [2.45, 2.75) is 24.8 Å². The van der Waals surface area contributed by atoms with Gasteiger partial charge in [0.05, 0.1) is 10.7 Å². The van der Waals surface area contributed by atoms with Crippen LogP contribution in [0.15, 0.2) is 78.9 Å². The van der Waals surface area contributed by atoms with Gasteiger partial charge in [-0.3, -0.25) is 19.7 Å². The Morgan fingerprint density at radius 3 is 2.29 bits per heavy atom. The molecule has 0 saturated carbocycles. The Balaban J connectivity index is 1.78. The van der Waals surface area contributed by atoms with Gasteiger partial charge in [0.1, 0.15) is 11.9 Å². The van der Waals surface area contributed by atoms with Crippen LogP contribution in [0.2, 0.25) is 0 Å². The zero-order valence-corrected chi connectivity index (χ0v) is 20.0. The Morgan fingerprint density at radius 2 is 1.66 bits per heavy atom. The van der Waals surface area contributed by atoms with Gasteiger partial charge in [0.25, 0.3) is 5.69 Å². The average Bonchev–Trinajstić information content (AvgIpc) is 2.87. The first kappa shape index (κ1) is 25.9. The van der Waals surface area contributed by atoms with Gasteiger partial charge in [0.15, 0.2) is 0 Å². The molecule has 0 saturated heterocycles. The molecule has 0 bridgehead atoms. The molecule has 35 heavy (non-hydrogen) atoms. The van der Waals surface area contributed by atoms with E-state index >= 15 is 0 Å². The molecular formula is C26H26FN3O4S. The maximum absolute atomic E-state index is 14.5. The Kier molecular flexibility index (Phi) is 9.37. The number of nitrogens with one attached hydrogen (secondary N) is 1. The average molecular weight is 496 g/mol. The lowest BCUT2D eigenvalue weighted by Crippen LogP contribution is -2.50. The SMILES string of the molecule is CNC(=O)[C@@H](Cc1ccccc1)N(Cc1ccccc1F)C(=O)CSCc1ccc([N+](=O)[O-])cc1. The van der Waals surface area contributed by atoms with Gasteiger partial charge in [-0.05, 0) is 17.2 Å². The van der Waals surface area contributed by atoms with Crippen LogP contribution in [0.4, 0.5) is 10.1 Å². The van der Waals surface area contributed by atoms with Crippen LogP contribution in [0.3, 0.4) is 0 Å². The topological polar surface area (TPSA) is 92.6 Å². The minimum Gasteiger partial charge on any atom is -0.357 e. The van der Waals surface area contributed by atoms with Crippen molar-refractivity contribution in [3.8, 4) is 0 Å². The third-order valence-corrected chi connectivity index (χ3v) is 6.45. The van der Waals surface area contributed by atoms with Crippen molar-refractivity contribution in [1.82, 2.24) is 10.2 Å². The first-order valence-electron chi connectivity index (χ1n) is 11.0. The molecule has 3 rings (SSSR count). The molecule has 0 aliphatic rings. The molecule has 0 fully saturated rings.